The number of hydrogen-bond donors (Lipinski definition) is 0. The summed E-state index contributed by atoms with van der Waals surface area (Å²) in [6.07, 6.45) is 0.870. The minimum absolute atomic E-state index is 0.00120. The second-order valence-electron chi connectivity index (χ2n) is 3.69. The third-order valence-electron chi connectivity index (χ3n) is 2.79. The van der Waals surface area contributed by atoms with Gasteiger partial charge in [-0.25, -0.2) is 14.1 Å². The topological polar surface area (TPSA) is 30.7 Å². The summed E-state index contributed by atoms with van der Waals surface area (Å²) in [5.41, 5.74) is 1.09. The van der Waals surface area contributed by atoms with Crippen molar-refractivity contribution in [2.24, 2.45) is 0 Å². The van der Waals surface area contributed by atoms with E-state index in [0.29, 0.717) is 12.2 Å². The quantitative estimate of drug-likeness (QED) is 0.711. The summed E-state index contributed by atoms with van der Waals surface area (Å²) < 4.78 is 15.2. The Morgan fingerprint density at radius 3 is 2.87 bits per heavy atom. The zero-order valence-electron chi connectivity index (χ0n) is 8.05. The maximum absolute atomic E-state index is 13.6. The third kappa shape index (κ3) is 1.25. The van der Waals surface area contributed by atoms with Crippen LogP contribution in [0, 0.1) is 0 Å². The Labute approximate surface area is 86.6 Å². The van der Waals surface area contributed by atoms with Crippen molar-refractivity contribution in [3.05, 3.63) is 48.0 Å². The highest BCUT2D eigenvalue weighted by molar-refractivity contribution is 5.22. The van der Waals surface area contributed by atoms with Gasteiger partial charge in [0.25, 0.3) is 0 Å². The van der Waals surface area contributed by atoms with Gasteiger partial charge in [-0.05, 0) is 5.56 Å². The lowest BCUT2D eigenvalue weighted by Gasteiger charge is -2.10. The summed E-state index contributed by atoms with van der Waals surface area (Å²) in [4.78, 5) is 3.93. The number of rotatable bonds is 1. The molecular weight excluding hydrogens is 193 g/mol. The summed E-state index contributed by atoms with van der Waals surface area (Å²) >= 11 is 0. The van der Waals surface area contributed by atoms with Crippen molar-refractivity contribution >= 4 is 0 Å². The molecule has 1 aromatic heterocycles. The fraction of sp³-hybridized carbons (Fsp3) is 0.273. The number of hydrogen-bond acceptors (Lipinski definition) is 2. The molecule has 0 saturated carbocycles. The average molecular weight is 203 g/mol. The second-order valence-corrected chi connectivity index (χ2v) is 3.69. The van der Waals surface area contributed by atoms with E-state index in [1.165, 1.54) is 6.33 Å². The normalized spacial score (nSPS) is 24.1. The third-order valence-corrected chi connectivity index (χ3v) is 2.79. The fourth-order valence-electron chi connectivity index (χ4n) is 2.08. The number of fused-ring (bicyclic) bond motifs is 1. The van der Waals surface area contributed by atoms with Gasteiger partial charge in [-0.1, -0.05) is 30.3 Å². The molecule has 4 heteroatoms. The van der Waals surface area contributed by atoms with Gasteiger partial charge < -0.3 is 0 Å². The van der Waals surface area contributed by atoms with Gasteiger partial charge >= 0.3 is 0 Å². The van der Waals surface area contributed by atoms with E-state index < -0.39 is 6.17 Å². The summed E-state index contributed by atoms with van der Waals surface area (Å²) in [6, 6.07) is 9.85. The summed E-state index contributed by atoms with van der Waals surface area (Å²) in [5, 5.41) is 4.07. The number of nitrogens with zero attached hydrogens (tertiary/aromatic N) is 3. The van der Waals surface area contributed by atoms with Crippen LogP contribution in [-0.4, -0.2) is 14.8 Å². The molecule has 0 radical (unpaired) electrons. The van der Waals surface area contributed by atoms with E-state index >= 15 is 0 Å². The molecule has 0 fully saturated rings. The fourth-order valence-corrected chi connectivity index (χ4v) is 2.08. The summed E-state index contributed by atoms with van der Waals surface area (Å²) in [5.74, 6) is 0.448. The SMILES string of the molecule is FC1CC(c2ccccc2)n2ncnc21. The highest BCUT2D eigenvalue weighted by Crippen LogP contribution is 2.38. The van der Waals surface area contributed by atoms with Crippen LogP contribution in [0.5, 0.6) is 0 Å². The van der Waals surface area contributed by atoms with Crippen LogP contribution in [0.4, 0.5) is 4.39 Å². The van der Waals surface area contributed by atoms with E-state index in [-0.39, 0.29) is 6.04 Å². The lowest BCUT2D eigenvalue weighted by atomic mass is 10.0. The van der Waals surface area contributed by atoms with Gasteiger partial charge in [0.15, 0.2) is 12.0 Å². The summed E-state index contributed by atoms with van der Waals surface area (Å²) in [7, 11) is 0. The first-order valence-corrected chi connectivity index (χ1v) is 4.94. The largest absolute Gasteiger partial charge is 0.240 e. The zero-order valence-corrected chi connectivity index (χ0v) is 8.05. The van der Waals surface area contributed by atoms with Crippen LogP contribution in [0.15, 0.2) is 36.7 Å². The molecule has 1 aromatic carbocycles. The Kier molecular flexibility index (Phi) is 1.80. The molecule has 15 heavy (non-hydrogen) atoms. The molecule has 1 aliphatic heterocycles. The minimum atomic E-state index is -0.988. The van der Waals surface area contributed by atoms with Crippen LogP contribution >= 0.6 is 0 Å². The number of alkyl halides is 1. The van der Waals surface area contributed by atoms with Crippen molar-refractivity contribution in [3.63, 3.8) is 0 Å². The maximum Gasteiger partial charge on any atom is 0.162 e. The second kappa shape index (κ2) is 3.15. The highest BCUT2D eigenvalue weighted by atomic mass is 19.1. The molecular formula is C11H10FN3. The Hall–Kier alpha value is -1.71. The molecule has 2 unspecified atom stereocenters. The predicted octanol–water partition coefficient (Wildman–Crippen LogP) is 2.28. The van der Waals surface area contributed by atoms with Crippen LogP contribution < -0.4 is 0 Å². The number of aromatic nitrogens is 3. The van der Waals surface area contributed by atoms with Gasteiger partial charge in [0.2, 0.25) is 0 Å². The van der Waals surface area contributed by atoms with Crippen molar-refractivity contribution < 1.29 is 4.39 Å². The monoisotopic (exact) mass is 203 g/mol. The molecule has 1 aliphatic rings. The van der Waals surface area contributed by atoms with Crippen molar-refractivity contribution in [1.29, 1.82) is 0 Å². The van der Waals surface area contributed by atoms with Gasteiger partial charge in [-0.2, -0.15) is 5.10 Å². The van der Waals surface area contributed by atoms with Gasteiger partial charge in [0.1, 0.15) is 6.33 Å². The molecule has 3 rings (SSSR count). The molecule has 0 bridgehead atoms. The zero-order chi connectivity index (χ0) is 10.3. The molecule has 76 valence electrons. The molecule has 0 saturated heterocycles. The molecule has 0 amide bonds. The van der Waals surface area contributed by atoms with E-state index in [0.717, 1.165) is 5.56 Å². The lowest BCUT2D eigenvalue weighted by molar-refractivity contribution is 0.328. The van der Waals surface area contributed by atoms with Crippen LogP contribution in [0.1, 0.15) is 30.0 Å². The van der Waals surface area contributed by atoms with E-state index in [4.69, 9.17) is 0 Å². The van der Waals surface area contributed by atoms with E-state index in [1.54, 1.807) is 4.68 Å². The van der Waals surface area contributed by atoms with Gasteiger partial charge in [0.05, 0.1) is 6.04 Å². The van der Waals surface area contributed by atoms with Crippen LogP contribution in [0.2, 0.25) is 0 Å². The van der Waals surface area contributed by atoms with Gasteiger partial charge in [-0.15, -0.1) is 0 Å². The van der Waals surface area contributed by atoms with E-state index in [9.17, 15) is 4.39 Å². The number of halogens is 1. The first-order valence-electron chi connectivity index (χ1n) is 4.94. The standard InChI is InChI=1S/C11H10FN3/c12-9-6-10(8-4-2-1-3-5-8)15-11(9)13-7-14-15/h1-5,7,9-10H,6H2. The molecule has 3 nitrogen and oxygen atoms in total. The predicted molar refractivity (Wildman–Crippen MR) is 53.1 cm³/mol. The number of benzene rings is 1. The molecule has 2 aromatic rings. The highest BCUT2D eigenvalue weighted by Gasteiger charge is 2.33. The van der Waals surface area contributed by atoms with Crippen LogP contribution in [-0.2, 0) is 0 Å². The van der Waals surface area contributed by atoms with E-state index in [1.807, 2.05) is 30.3 Å². The molecule has 0 aliphatic carbocycles. The smallest absolute Gasteiger partial charge is 0.162 e. The first-order chi connectivity index (χ1) is 7.36. The van der Waals surface area contributed by atoms with Crippen molar-refractivity contribution in [1.82, 2.24) is 14.8 Å². The van der Waals surface area contributed by atoms with Crippen molar-refractivity contribution in [2.75, 3.05) is 0 Å². The van der Waals surface area contributed by atoms with Crippen molar-refractivity contribution in [2.45, 2.75) is 18.6 Å². The Morgan fingerprint density at radius 1 is 1.27 bits per heavy atom. The van der Waals surface area contributed by atoms with Crippen LogP contribution in [0.3, 0.4) is 0 Å². The Bertz CT molecular complexity index is 466. The van der Waals surface area contributed by atoms with Gasteiger partial charge in [0, 0.05) is 6.42 Å². The minimum Gasteiger partial charge on any atom is -0.240 e. The Balaban J connectivity index is 2.05. The van der Waals surface area contributed by atoms with Crippen molar-refractivity contribution in [3.8, 4) is 0 Å². The average Bonchev–Trinajstić information content (AvgIpc) is 2.84. The molecule has 0 N–H and O–H groups in total. The molecule has 2 atom stereocenters. The summed E-state index contributed by atoms with van der Waals surface area (Å²) in [6.45, 7) is 0. The van der Waals surface area contributed by atoms with E-state index in [2.05, 4.69) is 10.1 Å². The first kappa shape index (κ1) is 8.59. The molecule has 2 heterocycles. The lowest BCUT2D eigenvalue weighted by Crippen LogP contribution is -2.06. The molecule has 0 spiro atoms. The maximum atomic E-state index is 13.6. The van der Waals surface area contributed by atoms with Crippen LogP contribution in [0.25, 0.3) is 0 Å². The Morgan fingerprint density at radius 2 is 2.07 bits per heavy atom. The van der Waals surface area contributed by atoms with Gasteiger partial charge in [-0.3, -0.25) is 0 Å².